The maximum absolute atomic E-state index is 13.5. The van der Waals surface area contributed by atoms with E-state index in [0.29, 0.717) is 24.9 Å². The Morgan fingerprint density at radius 1 is 0.522 bits per heavy atom. The summed E-state index contributed by atoms with van der Waals surface area (Å²) in [4.78, 5) is 56.6. The van der Waals surface area contributed by atoms with Crippen molar-refractivity contribution in [2.24, 2.45) is 14.1 Å². The zero-order valence-corrected chi connectivity index (χ0v) is 56.1. The summed E-state index contributed by atoms with van der Waals surface area (Å²) in [6.45, 7) is 30.2. The fraction of sp³-hybridized carbons (Fsp3) is 0.438. The first-order chi connectivity index (χ1) is 43.9. The van der Waals surface area contributed by atoms with Crippen LogP contribution in [0, 0.1) is 0 Å². The molecule has 0 unspecified atom stereocenters. The largest absolute Gasteiger partial charge is 0.444 e. The third-order valence-electron chi connectivity index (χ3n) is 17.3. The Balaban J connectivity index is 0.000000167. The van der Waals surface area contributed by atoms with Crippen LogP contribution < -0.4 is 34.6 Å². The Bertz CT molecular complexity index is 3390. The quantitative estimate of drug-likeness (QED) is 0.117. The minimum Gasteiger partial charge on any atom is -0.444 e. The van der Waals surface area contributed by atoms with E-state index in [9.17, 15) is 14.4 Å². The van der Waals surface area contributed by atoms with E-state index in [2.05, 4.69) is 152 Å². The highest BCUT2D eigenvalue weighted by Gasteiger charge is 2.33. The second-order valence-corrected chi connectivity index (χ2v) is 26.2. The molecule has 5 saturated heterocycles. The van der Waals surface area contributed by atoms with Crippen LogP contribution in [-0.2, 0) is 36.7 Å². The molecule has 0 aliphatic carbocycles. The van der Waals surface area contributed by atoms with Gasteiger partial charge in [-0.3, -0.25) is 19.4 Å². The van der Waals surface area contributed by atoms with Crippen molar-refractivity contribution in [1.29, 1.82) is 0 Å². The molecule has 2 aromatic heterocycles. The van der Waals surface area contributed by atoms with E-state index in [1.54, 1.807) is 0 Å². The van der Waals surface area contributed by atoms with Crippen LogP contribution in [0.3, 0.4) is 0 Å². The maximum atomic E-state index is 13.5. The Morgan fingerprint density at radius 2 is 0.935 bits per heavy atom. The number of hydrogen-bond donors (Lipinski definition) is 1. The number of para-hydroxylation sites is 5. The van der Waals surface area contributed by atoms with Crippen LogP contribution in [0.1, 0.15) is 70.6 Å². The molecule has 12 rings (SSSR count). The lowest BCUT2D eigenvalue weighted by Gasteiger charge is -2.41. The standard InChI is InChI=1S/C28H34ClN5O.C17H20ClN3O2.C16H24N2O2.C11H16N2.CH4/c1-22-19-33(24-8-4-3-5-9-24)16-17-34(22)28(35)27-18-23(20-30(27)2)21-31-12-14-32(15-13-31)26-11-7-6-10-25(26)29;1-19-11-14(10-17(19)23-13-22)12-20-6-8-21(9-7-20)16-5-3-2-4-15(16)18;1-13-12-17(14-8-6-5-7-9-14)10-11-18(13)15(19)20-16(2,3)4;1-10-9-13(8-7-12-10)11-5-3-2-4-6-11;/h3-11,18,20,22H,12-17,19,21H2,1-2H3;2-5,10-11,13H,6-9,12H2,1H3;5-9,13H,10-12H2,1-4H3;2-6,10,12H,7-9H2,1H3;1H4/t22-;;13-;10-;/m1.11./s1. The molecular formula is C73H98Cl2N12O5. The number of benzene rings is 5. The van der Waals surface area contributed by atoms with Gasteiger partial charge in [-0.05, 0) is 119 Å². The lowest BCUT2D eigenvalue weighted by molar-refractivity contribution is -0.121. The van der Waals surface area contributed by atoms with Gasteiger partial charge in [-0.25, -0.2) is 4.79 Å². The molecule has 0 saturated carbocycles. The summed E-state index contributed by atoms with van der Waals surface area (Å²) >= 11 is 12.7. The normalized spacial score (nSPS) is 18.8. The number of piperazine rings is 5. The first kappa shape index (κ1) is 70.2. The molecule has 7 heterocycles. The highest BCUT2D eigenvalue weighted by Crippen LogP contribution is 2.30. The number of aromatic nitrogens is 2. The molecule has 494 valence electrons. The van der Waals surface area contributed by atoms with Gasteiger partial charge in [0.2, 0.25) is 5.88 Å². The Labute approximate surface area is 557 Å². The summed E-state index contributed by atoms with van der Waals surface area (Å²) in [6.07, 6.45) is 3.90. The number of nitrogens with zero attached hydrogens (tertiary/aromatic N) is 11. The van der Waals surface area contributed by atoms with Crippen molar-refractivity contribution >= 4 is 70.1 Å². The van der Waals surface area contributed by atoms with Crippen molar-refractivity contribution in [1.82, 2.24) is 34.1 Å². The fourth-order valence-electron chi connectivity index (χ4n) is 12.5. The van der Waals surface area contributed by atoms with Crippen LogP contribution in [0.4, 0.5) is 33.2 Å². The van der Waals surface area contributed by atoms with E-state index in [4.69, 9.17) is 32.7 Å². The Morgan fingerprint density at radius 3 is 1.37 bits per heavy atom. The topological polar surface area (TPSA) is 121 Å². The second-order valence-electron chi connectivity index (χ2n) is 25.4. The third kappa shape index (κ3) is 19.7. The minimum absolute atomic E-state index is 0. The van der Waals surface area contributed by atoms with Gasteiger partial charge in [0, 0.05) is 192 Å². The number of amides is 2. The minimum atomic E-state index is -0.437. The van der Waals surface area contributed by atoms with E-state index in [1.807, 2.05) is 127 Å². The zero-order chi connectivity index (χ0) is 64.4. The highest BCUT2D eigenvalue weighted by atomic mass is 35.5. The number of rotatable bonds is 12. The molecule has 1 N–H and O–H groups in total. The van der Waals surface area contributed by atoms with Crippen molar-refractivity contribution in [3.05, 3.63) is 191 Å². The van der Waals surface area contributed by atoms with Gasteiger partial charge >= 0.3 is 6.09 Å². The van der Waals surface area contributed by atoms with Crippen molar-refractivity contribution in [3.8, 4) is 5.88 Å². The number of aryl methyl sites for hydroxylation is 2. The van der Waals surface area contributed by atoms with Gasteiger partial charge in [0.25, 0.3) is 12.4 Å². The van der Waals surface area contributed by atoms with Crippen molar-refractivity contribution in [2.75, 3.05) is 136 Å². The molecule has 7 aromatic rings. The first-order valence-corrected chi connectivity index (χ1v) is 32.9. The number of carbonyl (C=O) groups excluding carboxylic acids is 3. The molecule has 0 bridgehead atoms. The van der Waals surface area contributed by atoms with Crippen LogP contribution >= 0.6 is 23.2 Å². The Kier molecular flexibility index (Phi) is 25.8. The van der Waals surface area contributed by atoms with Crippen LogP contribution in [-0.4, -0.2) is 182 Å². The van der Waals surface area contributed by atoms with Crippen LogP contribution in [0.15, 0.2) is 164 Å². The van der Waals surface area contributed by atoms with Crippen molar-refractivity contribution in [2.45, 2.75) is 85.8 Å². The molecule has 5 aliphatic heterocycles. The summed E-state index contributed by atoms with van der Waals surface area (Å²) in [5.41, 5.74) is 8.68. The van der Waals surface area contributed by atoms with E-state index in [-0.39, 0.29) is 31.5 Å². The maximum Gasteiger partial charge on any atom is 0.410 e. The van der Waals surface area contributed by atoms with Gasteiger partial charge in [-0.15, -0.1) is 0 Å². The van der Waals surface area contributed by atoms with Gasteiger partial charge in [-0.2, -0.15) is 0 Å². The average Bonchev–Trinajstić information content (AvgIpc) is 1.60. The number of hydrogen-bond acceptors (Lipinski definition) is 13. The van der Waals surface area contributed by atoms with Gasteiger partial charge in [0.15, 0.2) is 0 Å². The lowest BCUT2D eigenvalue weighted by Crippen LogP contribution is -2.55. The number of nitrogens with one attached hydrogen (secondary N) is 1. The number of halogens is 2. The van der Waals surface area contributed by atoms with Gasteiger partial charge in [-0.1, -0.05) is 109 Å². The summed E-state index contributed by atoms with van der Waals surface area (Å²) in [5, 5.41) is 5.06. The van der Waals surface area contributed by atoms with Crippen molar-refractivity contribution in [3.63, 3.8) is 0 Å². The average molecular weight is 1290 g/mol. The van der Waals surface area contributed by atoms with Gasteiger partial charge in [0.05, 0.1) is 21.4 Å². The second kappa shape index (κ2) is 33.8. The van der Waals surface area contributed by atoms with Gasteiger partial charge in [0.1, 0.15) is 11.3 Å². The fourth-order valence-corrected chi connectivity index (χ4v) is 13.0. The summed E-state index contributed by atoms with van der Waals surface area (Å²) in [5.74, 6) is 0.701. The van der Waals surface area contributed by atoms with E-state index in [1.165, 1.54) is 22.6 Å². The molecule has 5 aromatic carbocycles. The van der Waals surface area contributed by atoms with E-state index >= 15 is 0 Å². The number of ether oxygens (including phenoxy) is 2. The Hall–Kier alpha value is -7.67. The SMILES string of the molecule is C.C[C@@H]1CN(c2ccccc2)CCN1.C[C@@H]1CN(c2ccccc2)CCN1C(=O)OC(C)(C)C.C[C@@H]1CN(c2ccccc2)CCN1C(=O)c1cc(CN2CCN(c3ccccc3Cl)CC2)cn1C.Cn1cc(CN2CCN(c3ccccc3Cl)CC2)cc1OC=O. The predicted octanol–water partition coefficient (Wildman–Crippen LogP) is 12.1. The molecular weight excluding hydrogens is 1200 g/mol. The van der Waals surface area contributed by atoms with Crippen LogP contribution in [0.2, 0.25) is 10.0 Å². The first-order valence-electron chi connectivity index (χ1n) is 32.2. The highest BCUT2D eigenvalue weighted by molar-refractivity contribution is 6.33. The molecule has 3 atom stereocenters. The zero-order valence-electron chi connectivity index (χ0n) is 54.5. The van der Waals surface area contributed by atoms with Gasteiger partial charge < -0.3 is 58.2 Å². The number of carbonyl (C=O) groups is 3. The molecule has 19 heteroatoms. The number of anilines is 5. The smallest absolute Gasteiger partial charge is 0.410 e. The summed E-state index contributed by atoms with van der Waals surface area (Å²) < 4.78 is 14.2. The van der Waals surface area contributed by atoms with E-state index < -0.39 is 5.60 Å². The molecule has 0 spiro atoms. The van der Waals surface area contributed by atoms with Crippen LogP contribution in [0.25, 0.3) is 0 Å². The van der Waals surface area contributed by atoms with Crippen molar-refractivity contribution < 1.29 is 23.9 Å². The molecule has 2 amide bonds. The molecule has 5 aliphatic rings. The predicted molar refractivity (Wildman–Crippen MR) is 378 cm³/mol. The summed E-state index contributed by atoms with van der Waals surface area (Å²) in [6, 6.07) is 52.3. The lowest BCUT2D eigenvalue weighted by atomic mass is 10.1. The molecule has 17 nitrogen and oxygen atoms in total. The van der Waals surface area contributed by atoms with E-state index in [0.717, 1.165) is 150 Å². The monoisotopic (exact) mass is 1290 g/mol. The molecule has 0 radical (unpaired) electrons. The molecule has 92 heavy (non-hydrogen) atoms. The van der Waals surface area contributed by atoms with Crippen LogP contribution in [0.5, 0.6) is 5.88 Å². The third-order valence-corrected chi connectivity index (χ3v) is 17.9. The molecule has 5 fully saturated rings. The summed E-state index contributed by atoms with van der Waals surface area (Å²) in [7, 11) is 3.86.